The van der Waals surface area contributed by atoms with Gasteiger partial charge in [0.05, 0.1) is 24.3 Å². The van der Waals surface area contributed by atoms with Gasteiger partial charge in [-0.25, -0.2) is 9.48 Å². The quantitative estimate of drug-likeness (QED) is 0.452. The summed E-state index contributed by atoms with van der Waals surface area (Å²) in [5, 5.41) is 18.8. The van der Waals surface area contributed by atoms with Crippen molar-refractivity contribution in [2.45, 2.75) is 71.3 Å². The molecule has 9 nitrogen and oxygen atoms in total. The van der Waals surface area contributed by atoms with Gasteiger partial charge in [-0.1, -0.05) is 12.1 Å². The van der Waals surface area contributed by atoms with Crippen LogP contribution < -0.4 is 5.73 Å². The molecule has 1 aliphatic heterocycles. The first-order valence-electron chi connectivity index (χ1n) is 13.1. The van der Waals surface area contributed by atoms with Gasteiger partial charge in [0.25, 0.3) is 0 Å². The molecule has 3 heterocycles. The second kappa shape index (κ2) is 9.57. The molecule has 212 valence electrons. The number of alkyl halides is 3. The van der Waals surface area contributed by atoms with E-state index in [1.165, 1.54) is 23.9 Å². The highest BCUT2D eigenvalue weighted by Crippen LogP contribution is 2.55. The van der Waals surface area contributed by atoms with Crippen molar-refractivity contribution < 1.29 is 22.7 Å². The molecule has 2 N–H and O–H groups in total. The largest absolute Gasteiger partial charge is 0.444 e. The molecule has 12 heteroatoms. The van der Waals surface area contributed by atoms with Crippen molar-refractivity contribution in [2.75, 3.05) is 18.8 Å². The number of rotatable bonds is 4. The molecular formula is C28H32F3N7O2. The number of aromatic nitrogens is 4. The second-order valence-corrected chi connectivity index (χ2v) is 12.0. The van der Waals surface area contributed by atoms with Crippen LogP contribution in [0.2, 0.25) is 0 Å². The smallest absolute Gasteiger partial charge is 0.416 e. The number of ether oxygens (including phenoxy) is 1. The molecule has 1 aliphatic carbocycles. The number of aryl methyl sites for hydroxylation is 1. The van der Waals surface area contributed by atoms with Gasteiger partial charge in [-0.3, -0.25) is 4.68 Å². The highest BCUT2D eigenvalue weighted by molar-refractivity contribution is 5.72. The van der Waals surface area contributed by atoms with Gasteiger partial charge in [-0.05, 0) is 69.6 Å². The summed E-state index contributed by atoms with van der Waals surface area (Å²) in [6.07, 6.45) is 0.852. The number of nitriles is 1. The predicted molar refractivity (Wildman–Crippen MR) is 141 cm³/mol. The van der Waals surface area contributed by atoms with Gasteiger partial charge in [0.1, 0.15) is 28.7 Å². The van der Waals surface area contributed by atoms with Crippen molar-refractivity contribution in [3.8, 4) is 17.3 Å². The van der Waals surface area contributed by atoms with Crippen LogP contribution >= 0.6 is 0 Å². The molecule has 5 rings (SSSR count). The van der Waals surface area contributed by atoms with Crippen LogP contribution in [-0.4, -0.2) is 49.2 Å². The summed E-state index contributed by atoms with van der Waals surface area (Å²) >= 11 is 0. The monoisotopic (exact) mass is 555 g/mol. The third-order valence-corrected chi connectivity index (χ3v) is 7.69. The minimum absolute atomic E-state index is 0.0113. The van der Waals surface area contributed by atoms with E-state index in [9.17, 15) is 23.2 Å². The topological polar surface area (TPSA) is 115 Å². The number of halogens is 3. The minimum Gasteiger partial charge on any atom is -0.444 e. The molecule has 2 aliphatic rings. The molecule has 3 aromatic rings. The number of hydrogen-bond donors (Lipinski definition) is 1. The summed E-state index contributed by atoms with van der Waals surface area (Å²) in [5.41, 5.74) is 6.88. The minimum atomic E-state index is -4.44. The number of amides is 1. The second-order valence-electron chi connectivity index (χ2n) is 12.0. The van der Waals surface area contributed by atoms with Crippen molar-refractivity contribution in [1.82, 2.24) is 24.5 Å². The van der Waals surface area contributed by atoms with Gasteiger partial charge in [0.15, 0.2) is 0 Å². The standard InChI is InChI=1S/C28H32F3N7O2/c1-17-5-6-18(9-22(17)28(29,30)31)14-37-15-19(13-34-37)23-21(12-32)24(33)38(35-23)20-10-27(11-20)7-8-36(16-27)25(39)40-26(2,3)4/h5-6,9,13,15,20H,7-8,10-11,14,16,33H2,1-4H3/t20-,27-. The van der Waals surface area contributed by atoms with Gasteiger partial charge in [-0.15, -0.1) is 0 Å². The zero-order valence-corrected chi connectivity index (χ0v) is 22.9. The Bertz CT molecular complexity index is 1490. The third-order valence-electron chi connectivity index (χ3n) is 7.69. The zero-order chi connectivity index (χ0) is 29.0. The Balaban J connectivity index is 1.30. The van der Waals surface area contributed by atoms with E-state index in [4.69, 9.17) is 10.5 Å². The van der Waals surface area contributed by atoms with Crippen LogP contribution in [-0.2, 0) is 17.5 Å². The molecule has 0 radical (unpaired) electrons. The molecule has 1 saturated carbocycles. The van der Waals surface area contributed by atoms with E-state index in [0.717, 1.165) is 25.3 Å². The Labute approximate surface area is 230 Å². The van der Waals surface area contributed by atoms with Crippen molar-refractivity contribution in [3.63, 3.8) is 0 Å². The third kappa shape index (κ3) is 5.24. The SMILES string of the molecule is Cc1ccc(Cn2cc(-c3nn([C@H]4C[C@@]5(CCN(C(=O)OC(C)(C)C)C5)C4)c(N)c3C#N)cn2)cc1C(F)(F)F. The van der Waals surface area contributed by atoms with Crippen molar-refractivity contribution in [3.05, 3.63) is 52.8 Å². The van der Waals surface area contributed by atoms with Crippen molar-refractivity contribution in [2.24, 2.45) is 5.41 Å². The molecule has 1 amide bonds. The lowest BCUT2D eigenvalue weighted by molar-refractivity contribution is -0.138. The molecule has 40 heavy (non-hydrogen) atoms. The number of nitrogens with zero attached hydrogens (tertiary/aromatic N) is 6. The molecule has 0 unspecified atom stereocenters. The van der Waals surface area contributed by atoms with E-state index < -0.39 is 17.3 Å². The number of benzene rings is 1. The Morgan fingerprint density at radius 1 is 1.27 bits per heavy atom. The normalized spacial score (nSPS) is 20.9. The first-order valence-corrected chi connectivity index (χ1v) is 13.1. The molecule has 1 saturated heterocycles. The molecular weight excluding hydrogens is 523 g/mol. The molecule has 1 spiro atoms. The van der Waals surface area contributed by atoms with Crippen LogP contribution in [0.4, 0.5) is 23.8 Å². The van der Waals surface area contributed by atoms with E-state index in [2.05, 4.69) is 16.3 Å². The lowest BCUT2D eigenvalue weighted by atomic mass is 9.65. The molecule has 0 atom stereocenters. The number of anilines is 1. The van der Waals surface area contributed by atoms with E-state index in [1.807, 2.05) is 20.8 Å². The summed E-state index contributed by atoms with van der Waals surface area (Å²) in [4.78, 5) is 14.3. The summed E-state index contributed by atoms with van der Waals surface area (Å²) in [7, 11) is 0. The van der Waals surface area contributed by atoms with Gasteiger partial charge in [0, 0.05) is 24.8 Å². The Hall–Kier alpha value is -4.01. The lowest BCUT2D eigenvalue weighted by Gasteiger charge is -2.45. The van der Waals surface area contributed by atoms with Gasteiger partial charge < -0.3 is 15.4 Å². The van der Waals surface area contributed by atoms with Gasteiger partial charge in [-0.2, -0.15) is 28.6 Å². The number of hydrogen-bond acceptors (Lipinski definition) is 6. The summed E-state index contributed by atoms with van der Waals surface area (Å²) in [6.45, 7) is 8.33. The maximum absolute atomic E-state index is 13.3. The first-order chi connectivity index (χ1) is 18.7. The highest BCUT2D eigenvalue weighted by atomic mass is 19.4. The van der Waals surface area contributed by atoms with Crippen LogP contribution in [0, 0.1) is 23.7 Å². The average molecular weight is 556 g/mol. The fourth-order valence-electron chi connectivity index (χ4n) is 5.73. The molecule has 2 aromatic heterocycles. The summed E-state index contributed by atoms with van der Waals surface area (Å²) < 4.78 is 48.7. The van der Waals surface area contributed by atoms with E-state index in [-0.39, 0.29) is 41.0 Å². The van der Waals surface area contributed by atoms with Crippen LogP contribution in [0.5, 0.6) is 0 Å². The number of nitrogens with two attached hydrogens (primary N) is 1. The Kier molecular flexibility index (Phi) is 6.59. The van der Waals surface area contributed by atoms with Gasteiger partial charge in [0.2, 0.25) is 0 Å². The maximum atomic E-state index is 13.3. The number of nitrogen functional groups attached to an aromatic ring is 1. The van der Waals surface area contributed by atoms with Crippen LogP contribution in [0.3, 0.4) is 0 Å². The predicted octanol–water partition coefficient (Wildman–Crippen LogP) is 5.54. The Morgan fingerprint density at radius 3 is 2.65 bits per heavy atom. The Morgan fingerprint density at radius 2 is 2.00 bits per heavy atom. The highest BCUT2D eigenvalue weighted by Gasteiger charge is 2.51. The van der Waals surface area contributed by atoms with Crippen LogP contribution in [0.15, 0.2) is 30.6 Å². The van der Waals surface area contributed by atoms with Crippen molar-refractivity contribution in [1.29, 1.82) is 5.26 Å². The number of likely N-dealkylation sites (tertiary alicyclic amines) is 1. The van der Waals surface area contributed by atoms with Gasteiger partial charge >= 0.3 is 12.3 Å². The number of carbonyl (C=O) groups excluding carboxylic acids is 1. The zero-order valence-electron chi connectivity index (χ0n) is 22.9. The summed E-state index contributed by atoms with van der Waals surface area (Å²) in [6, 6.07) is 6.34. The first kappa shape index (κ1) is 27.6. The van der Waals surface area contributed by atoms with E-state index in [0.29, 0.717) is 29.9 Å². The molecule has 2 fully saturated rings. The summed E-state index contributed by atoms with van der Waals surface area (Å²) in [5.74, 6) is 0.264. The van der Waals surface area contributed by atoms with Crippen LogP contribution in [0.1, 0.15) is 68.3 Å². The average Bonchev–Trinajstić information content (AvgIpc) is 3.54. The van der Waals surface area contributed by atoms with E-state index >= 15 is 0 Å². The maximum Gasteiger partial charge on any atom is 0.416 e. The fourth-order valence-corrected chi connectivity index (χ4v) is 5.73. The molecule has 0 bridgehead atoms. The number of carbonyl (C=O) groups is 1. The van der Waals surface area contributed by atoms with Crippen molar-refractivity contribution >= 4 is 11.9 Å². The van der Waals surface area contributed by atoms with Crippen LogP contribution in [0.25, 0.3) is 11.3 Å². The van der Waals surface area contributed by atoms with E-state index in [1.54, 1.807) is 21.8 Å². The molecule has 1 aromatic carbocycles. The lowest BCUT2D eigenvalue weighted by Crippen LogP contribution is -2.43. The fraction of sp³-hybridized carbons (Fsp3) is 0.500.